The highest BCUT2D eigenvalue weighted by atomic mass is 16.5. The minimum absolute atomic E-state index is 0.0728. The van der Waals surface area contributed by atoms with Gasteiger partial charge in [-0.2, -0.15) is 0 Å². The molecular weight excluding hydrogens is 264 g/mol. The summed E-state index contributed by atoms with van der Waals surface area (Å²) in [5.74, 6) is 1.68. The number of pyridine rings is 1. The fourth-order valence-corrected chi connectivity index (χ4v) is 2.33. The van der Waals surface area contributed by atoms with Crippen LogP contribution in [-0.4, -0.2) is 25.2 Å². The second-order valence-electron chi connectivity index (χ2n) is 4.61. The SMILES string of the molecule is CCNC(c1ccc(OCC)cc1)c1ccncc1OC. The van der Waals surface area contributed by atoms with Crippen LogP contribution in [0.1, 0.15) is 31.0 Å². The normalized spacial score (nSPS) is 12.0. The first-order chi connectivity index (χ1) is 10.3. The van der Waals surface area contributed by atoms with Gasteiger partial charge in [-0.25, -0.2) is 0 Å². The van der Waals surface area contributed by atoms with Gasteiger partial charge in [0.15, 0.2) is 0 Å². The number of methoxy groups -OCH3 is 1. The van der Waals surface area contributed by atoms with Crippen LogP contribution in [0.2, 0.25) is 0 Å². The molecule has 0 fully saturated rings. The Morgan fingerprint density at radius 1 is 1.14 bits per heavy atom. The van der Waals surface area contributed by atoms with Crippen molar-refractivity contribution in [2.45, 2.75) is 19.9 Å². The van der Waals surface area contributed by atoms with Gasteiger partial charge < -0.3 is 14.8 Å². The lowest BCUT2D eigenvalue weighted by Crippen LogP contribution is -2.22. The van der Waals surface area contributed by atoms with Gasteiger partial charge in [0.25, 0.3) is 0 Å². The predicted octanol–water partition coefficient (Wildman–Crippen LogP) is 3.19. The van der Waals surface area contributed by atoms with Crippen molar-refractivity contribution in [3.8, 4) is 11.5 Å². The summed E-state index contributed by atoms with van der Waals surface area (Å²) < 4.78 is 10.9. The van der Waals surface area contributed by atoms with Crippen molar-refractivity contribution in [2.75, 3.05) is 20.3 Å². The van der Waals surface area contributed by atoms with E-state index in [1.807, 2.05) is 25.1 Å². The average molecular weight is 286 g/mol. The lowest BCUT2D eigenvalue weighted by atomic mass is 9.98. The molecule has 0 amide bonds. The number of benzene rings is 1. The average Bonchev–Trinajstić information content (AvgIpc) is 2.54. The van der Waals surface area contributed by atoms with Crippen LogP contribution >= 0.6 is 0 Å². The van der Waals surface area contributed by atoms with Gasteiger partial charge in [0.1, 0.15) is 11.5 Å². The first-order valence-corrected chi connectivity index (χ1v) is 7.24. The zero-order valence-corrected chi connectivity index (χ0v) is 12.8. The highest BCUT2D eigenvalue weighted by molar-refractivity contribution is 5.41. The first-order valence-electron chi connectivity index (χ1n) is 7.24. The summed E-state index contributed by atoms with van der Waals surface area (Å²) in [4.78, 5) is 4.12. The van der Waals surface area contributed by atoms with Gasteiger partial charge >= 0.3 is 0 Å². The summed E-state index contributed by atoms with van der Waals surface area (Å²) in [6, 6.07) is 10.2. The molecule has 0 saturated heterocycles. The van der Waals surface area contributed by atoms with E-state index >= 15 is 0 Å². The maximum atomic E-state index is 5.50. The lowest BCUT2D eigenvalue weighted by Gasteiger charge is -2.21. The second kappa shape index (κ2) is 7.64. The van der Waals surface area contributed by atoms with Crippen molar-refractivity contribution in [2.24, 2.45) is 0 Å². The summed E-state index contributed by atoms with van der Waals surface area (Å²) in [5.41, 5.74) is 2.25. The third-order valence-electron chi connectivity index (χ3n) is 3.28. The van der Waals surface area contributed by atoms with Crippen molar-refractivity contribution in [3.05, 3.63) is 53.9 Å². The van der Waals surface area contributed by atoms with Crippen LogP contribution in [0.15, 0.2) is 42.7 Å². The molecule has 0 bridgehead atoms. The van der Waals surface area contributed by atoms with E-state index in [0.717, 1.165) is 23.6 Å². The number of hydrogen-bond donors (Lipinski definition) is 1. The molecule has 2 rings (SSSR count). The van der Waals surface area contributed by atoms with E-state index in [-0.39, 0.29) is 6.04 Å². The number of nitrogens with zero attached hydrogens (tertiary/aromatic N) is 1. The highest BCUT2D eigenvalue weighted by Crippen LogP contribution is 2.30. The molecule has 0 aliphatic heterocycles. The van der Waals surface area contributed by atoms with Crippen molar-refractivity contribution in [1.82, 2.24) is 10.3 Å². The van der Waals surface area contributed by atoms with Gasteiger partial charge in [-0.15, -0.1) is 0 Å². The van der Waals surface area contributed by atoms with Gasteiger partial charge in [-0.05, 0) is 37.2 Å². The molecule has 1 N–H and O–H groups in total. The molecule has 2 aromatic rings. The lowest BCUT2D eigenvalue weighted by molar-refractivity contribution is 0.340. The molecule has 0 radical (unpaired) electrons. The predicted molar refractivity (Wildman–Crippen MR) is 83.9 cm³/mol. The van der Waals surface area contributed by atoms with Gasteiger partial charge in [0, 0.05) is 11.8 Å². The summed E-state index contributed by atoms with van der Waals surface area (Å²) >= 11 is 0. The Hall–Kier alpha value is -2.07. The van der Waals surface area contributed by atoms with Crippen LogP contribution in [0.5, 0.6) is 11.5 Å². The molecule has 0 saturated carbocycles. The van der Waals surface area contributed by atoms with E-state index in [2.05, 4.69) is 29.4 Å². The molecule has 1 heterocycles. The molecule has 0 aliphatic carbocycles. The van der Waals surface area contributed by atoms with Crippen LogP contribution in [-0.2, 0) is 0 Å². The van der Waals surface area contributed by atoms with Gasteiger partial charge in [-0.3, -0.25) is 4.98 Å². The van der Waals surface area contributed by atoms with E-state index in [1.165, 1.54) is 5.56 Å². The smallest absolute Gasteiger partial charge is 0.142 e. The number of hydrogen-bond acceptors (Lipinski definition) is 4. The van der Waals surface area contributed by atoms with Gasteiger partial charge in [-0.1, -0.05) is 19.1 Å². The van der Waals surface area contributed by atoms with Crippen molar-refractivity contribution >= 4 is 0 Å². The molecule has 21 heavy (non-hydrogen) atoms. The van der Waals surface area contributed by atoms with Crippen LogP contribution in [0, 0.1) is 0 Å². The van der Waals surface area contributed by atoms with Crippen molar-refractivity contribution in [3.63, 3.8) is 0 Å². The third kappa shape index (κ3) is 3.73. The molecule has 0 spiro atoms. The summed E-state index contributed by atoms with van der Waals surface area (Å²) in [6.45, 7) is 5.62. The van der Waals surface area contributed by atoms with E-state index < -0.39 is 0 Å². The second-order valence-corrected chi connectivity index (χ2v) is 4.61. The molecule has 1 atom stereocenters. The highest BCUT2D eigenvalue weighted by Gasteiger charge is 2.17. The maximum Gasteiger partial charge on any atom is 0.142 e. The van der Waals surface area contributed by atoms with Crippen LogP contribution in [0.4, 0.5) is 0 Å². The summed E-state index contributed by atoms with van der Waals surface area (Å²) in [7, 11) is 1.67. The minimum Gasteiger partial charge on any atom is -0.495 e. The number of rotatable bonds is 7. The Balaban J connectivity index is 2.33. The monoisotopic (exact) mass is 286 g/mol. The molecular formula is C17H22N2O2. The molecule has 0 aliphatic rings. The quantitative estimate of drug-likeness (QED) is 0.849. The van der Waals surface area contributed by atoms with Gasteiger partial charge in [0.05, 0.1) is 26.0 Å². The van der Waals surface area contributed by atoms with E-state index in [1.54, 1.807) is 19.5 Å². The molecule has 1 unspecified atom stereocenters. The number of nitrogens with one attached hydrogen (secondary N) is 1. The molecule has 4 nitrogen and oxygen atoms in total. The zero-order valence-electron chi connectivity index (χ0n) is 12.8. The Morgan fingerprint density at radius 2 is 1.90 bits per heavy atom. The Morgan fingerprint density at radius 3 is 2.52 bits per heavy atom. The minimum atomic E-state index is 0.0728. The largest absolute Gasteiger partial charge is 0.495 e. The fraction of sp³-hybridized carbons (Fsp3) is 0.353. The van der Waals surface area contributed by atoms with Crippen LogP contribution in [0.25, 0.3) is 0 Å². The van der Waals surface area contributed by atoms with E-state index in [4.69, 9.17) is 9.47 Å². The van der Waals surface area contributed by atoms with E-state index in [0.29, 0.717) is 6.61 Å². The standard InChI is InChI=1S/C17H22N2O2/c1-4-19-17(15-10-11-18-12-16(15)20-3)13-6-8-14(9-7-13)21-5-2/h6-12,17,19H,4-5H2,1-3H3. The summed E-state index contributed by atoms with van der Waals surface area (Å²) in [6.07, 6.45) is 3.53. The molecule has 1 aromatic carbocycles. The van der Waals surface area contributed by atoms with Crippen molar-refractivity contribution in [1.29, 1.82) is 0 Å². The number of aromatic nitrogens is 1. The zero-order chi connectivity index (χ0) is 15.1. The maximum absolute atomic E-state index is 5.50. The fourth-order valence-electron chi connectivity index (χ4n) is 2.33. The summed E-state index contributed by atoms with van der Waals surface area (Å²) in [5, 5.41) is 3.49. The molecule has 112 valence electrons. The van der Waals surface area contributed by atoms with Crippen LogP contribution < -0.4 is 14.8 Å². The van der Waals surface area contributed by atoms with Gasteiger partial charge in [0.2, 0.25) is 0 Å². The van der Waals surface area contributed by atoms with Crippen molar-refractivity contribution < 1.29 is 9.47 Å². The first kappa shape index (κ1) is 15.3. The molecule has 1 aromatic heterocycles. The third-order valence-corrected chi connectivity index (χ3v) is 3.28. The van der Waals surface area contributed by atoms with Crippen LogP contribution in [0.3, 0.4) is 0 Å². The Kier molecular flexibility index (Phi) is 5.58. The number of ether oxygens (including phenoxy) is 2. The topological polar surface area (TPSA) is 43.4 Å². The Labute approximate surface area is 126 Å². The Bertz CT molecular complexity index is 555. The molecule has 4 heteroatoms. The van der Waals surface area contributed by atoms with E-state index in [9.17, 15) is 0 Å².